The highest BCUT2D eigenvalue weighted by Gasteiger charge is 2.49. The Balaban J connectivity index is 2.74. The molecular formula is C17H30N2O6. The third kappa shape index (κ3) is 6.62. The van der Waals surface area contributed by atoms with Gasteiger partial charge in [0.2, 0.25) is 11.4 Å². The first-order valence-corrected chi connectivity index (χ1v) is 8.89. The average Bonchev–Trinajstić information content (AvgIpc) is 2.58. The fraction of sp³-hybridized carbons (Fsp3) is 0.824. The maximum absolute atomic E-state index is 12.4. The highest BCUT2D eigenvalue weighted by molar-refractivity contribution is 6.07. The Bertz CT molecular complexity index is 430. The molecule has 1 aliphatic rings. The van der Waals surface area contributed by atoms with Crippen molar-refractivity contribution in [3.8, 4) is 0 Å². The minimum Gasteiger partial charge on any atom is -0.464 e. The van der Waals surface area contributed by atoms with Crippen molar-refractivity contribution in [1.29, 1.82) is 0 Å². The number of unbranched alkanes of at least 4 members (excludes halogenated alkanes) is 1. The number of nitrogens with zero attached hydrogens (tertiary/aromatic N) is 1. The van der Waals surface area contributed by atoms with E-state index in [1.54, 1.807) is 13.8 Å². The minimum absolute atomic E-state index is 0.118. The molecule has 1 aliphatic heterocycles. The molecule has 1 rings (SSSR count). The van der Waals surface area contributed by atoms with Crippen LogP contribution in [0.4, 0.5) is 0 Å². The van der Waals surface area contributed by atoms with Crippen LogP contribution in [0.1, 0.15) is 40.0 Å². The zero-order chi connectivity index (χ0) is 18.7. The predicted molar refractivity (Wildman–Crippen MR) is 90.9 cm³/mol. The maximum atomic E-state index is 12.4. The van der Waals surface area contributed by atoms with Gasteiger partial charge >= 0.3 is 11.9 Å². The van der Waals surface area contributed by atoms with Crippen molar-refractivity contribution < 1.29 is 28.6 Å². The molecule has 1 fully saturated rings. The van der Waals surface area contributed by atoms with E-state index in [2.05, 4.69) is 10.2 Å². The van der Waals surface area contributed by atoms with Crippen molar-refractivity contribution in [2.45, 2.75) is 45.6 Å². The second-order valence-corrected chi connectivity index (χ2v) is 5.94. The Hall–Kier alpha value is -1.67. The summed E-state index contributed by atoms with van der Waals surface area (Å²) in [6.45, 7) is 8.87. The van der Waals surface area contributed by atoms with Gasteiger partial charge in [-0.3, -0.25) is 9.69 Å². The summed E-state index contributed by atoms with van der Waals surface area (Å²) in [6.07, 6.45) is 1.52. The van der Waals surface area contributed by atoms with Crippen LogP contribution in [-0.2, 0) is 28.6 Å². The summed E-state index contributed by atoms with van der Waals surface area (Å²) in [7, 11) is 0. The molecule has 0 unspecified atom stereocenters. The minimum atomic E-state index is -1.77. The summed E-state index contributed by atoms with van der Waals surface area (Å²) in [6, 6.07) is 0. The number of esters is 2. The Labute approximate surface area is 149 Å². The van der Waals surface area contributed by atoms with Gasteiger partial charge in [-0.1, -0.05) is 0 Å². The Morgan fingerprint density at radius 1 is 1.04 bits per heavy atom. The SMILES string of the molecule is CCOC(=O)C(CCCCN1CCOCC1)(NC(C)=O)C(=O)OCC. The zero-order valence-electron chi connectivity index (χ0n) is 15.5. The lowest BCUT2D eigenvalue weighted by Crippen LogP contribution is -2.61. The fourth-order valence-electron chi connectivity index (χ4n) is 2.81. The van der Waals surface area contributed by atoms with Crippen molar-refractivity contribution in [1.82, 2.24) is 10.2 Å². The molecular weight excluding hydrogens is 328 g/mol. The first-order valence-electron chi connectivity index (χ1n) is 8.89. The quantitative estimate of drug-likeness (QED) is 0.345. The average molecular weight is 358 g/mol. The topological polar surface area (TPSA) is 94.2 Å². The van der Waals surface area contributed by atoms with E-state index in [-0.39, 0.29) is 19.6 Å². The maximum Gasteiger partial charge on any atom is 0.343 e. The van der Waals surface area contributed by atoms with Gasteiger partial charge in [0.15, 0.2) is 0 Å². The number of hydrogen-bond donors (Lipinski definition) is 1. The lowest BCUT2D eigenvalue weighted by Gasteiger charge is -2.30. The molecule has 0 bridgehead atoms. The monoisotopic (exact) mass is 358 g/mol. The number of hydrogen-bond acceptors (Lipinski definition) is 7. The van der Waals surface area contributed by atoms with Gasteiger partial charge in [-0.25, -0.2) is 9.59 Å². The highest BCUT2D eigenvalue weighted by atomic mass is 16.6. The largest absolute Gasteiger partial charge is 0.464 e. The van der Waals surface area contributed by atoms with Gasteiger partial charge in [-0.15, -0.1) is 0 Å². The fourth-order valence-corrected chi connectivity index (χ4v) is 2.81. The summed E-state index contributed by atoms with van der Waals surface area (Å²) in [5, 5.41) is 2.48. The first kappa shape index (κ1) is 21.4. The number of amides is 1. The van der Waals surface area contributed by atoms with Crippen molar-refractivity contribution in [3.63, 3.8) is 0 Å². The van der Waals surface area contributed by atoms with Crippen molar-refractivity contribution in [3.05, 3.63) is 0 Å². The second kappa shape index (κ2) is 11.0. The third-order valence-corrected chi connectivity index (χ3v) is 4.02. The summed E-state index contributed by atoms with van der Waals surface area (Å²) >= 11 is 0. The molecule has 8 heteroatoms. The Morgan fingerprint density at radius 2 is 1.60 bits per heavy atom. The molecule has 144 valence electrons. The van der Waals surface area contributed by atoms with Gasteiger partial charge in [0.25, 0.3) is 0 Å². The standard InChI is InChI=1S/C17H30N2O6/c1-4-24-15(21)17(18-14(3)20,16(22)25-5-2)8-6-7-9-19-10-12-23-13-11-19/h4-13H2,1-3H3,(H,18,20). The summed E-state index contributed by atoms with van der Waals surface area (Å²) in [5.74, 6) is -2.01. The summed E-state index contributed by atoms with van der Waals surface area (Å²) in [5.41, 5.74) is -1.77. The number of morpholine rings is 1. The van der Waals surface area contributed by atoms with Gasteiger partial charge in [-0.05, 0) is 39.7 Å². The van der Waals surface area contributed by atoms with Crippen molar-refractivity contribution in [2.75, 3.05) is 46.1 Å². The lowest BCUT2D eigenvalue weighted by atomic mass is 9.92. The normalized spacial score (nSPS) is 15.5. The molecule has 1 saturated heterocycles. The molecule has 0 aromatic carbocycles. The van der Waals surface area contributed by atoms with E-state index in [9.17, 15) is 14.4 Å². The predicted octanol–water partition coefficient (Wildman–Crippen LogP) is 0.490. The molecule has 0 saturated carbocycles. The number of ether oxygens (including phenoxy) is 3. The van der Waals surface area contributed by atoms with Crippen molar-refractivity contribution >= 4 is 17.8 Å². The second-order valence-electron chi connectivity index (χ2n) is 5.94. The molecule has 0 aromatic rings. The molecule has 0 spiro atoms. The van der Waals surface area contributed by atoms with Crippen LogP contribution in [0.3, 0.4) is 0 Å². The zero-order valence-corrected chi connectivity index (χ0v) is 15.5. The van der Waals surface area contributed by atoms with Gasteiger partial charge in [-0.2, -0.15) is 0 Å². The Morgan fingerprint density at radius 3 is 2.08 bits per heavy atom. The Kier molecular flexibility index (Phi) is 9.44. The number of carbonyl (C=O) groups excluding carboxylic acids is 3. The molecule has 0 atom stereocenters. The molecule has 1 heterocycles. The molecule has 1 N–H and O–H groups in total. The van der Waals surface area contributed by atoms with E-state index in [1.807, 2.05) is 0 Å². The van der Waals surface area contributed by atoms with E-state index in [1.165, 1.54) is 6.92 Å². The van der Waals surface area contributed by atoms with E-state index in [0.717, 1.165) is 39.3 Å². The van der Waals surface area contributed by atoms with Gasteiger partial charge in [0, 0.05) is 20.0 Å². The van der Waals surface area contributed by atoms with Crippen LogP contribution < -0.4 is 5.32 Å². The smallest absolute Gasteiger partial charge is 0.343 e. The van der Waals surface area contributed by atoms with Crippen LogP contribution in [0.5, 0.6) is 0 Å². The van der Waals surface area contributed by atoms with E-state index < -0.39 is 23.4 Å². The number of rotatable bonds is 10. The van der Waals surface area contributed by atoms with Crippen molar-refractivity contribution in [2.24, 2.45) is 0 Å². The lowest BCUT2D eigenvalue weighted by molar-refractivity contribution is -0.168. The van der Waals surface area contributed by atoms with Crippen LogP contribution in [0.25, 0.3) is 0 Å². The molecule has 1 amide bonds. The molecule has 0 aromatic heterocycles. The third-order valence-electron chi connectivity index (χ3n) is 4.02. The van der Waals surface area contributed by atoms with Crippen LogP contribution in [-0.4, -0.2) is 74.3 Å². The van der Waals surface area contributed by atoms with Crippen LogP contribution >= 0.6 is 0 Å². The van der Waals surface area contributed by atoms with Crippen LogP contribution in [0.2, 0.25) is 0 Å². The molecule has 0 radical (unpaired) electrons. The van der Waals surface area contributed by atoms with Gasteiger partial charge in [0.1, 0.15) is 0 Å². The molecule has 0 aliphatic carbocycles. The van der Waals surface area contributed by atoms with Crippen LogP contribution in [0.15, 0.2) is 0 Å². The van der Waals surface area contributed by atoms with E-state index in [4.69, 9.17) is 14.2 Å². The van der Waals surface area contributed by atoms with E-state index >= 15 is 0 Å². The first-order chi connectivity index (χ1) is 12.0. The molecule has 8 nitrogen and oxygen atoms in total. The molecule has 25 heavy (non-hydrogen) atoms. The summed E-state index contributed by atoms with van der Waals surface area (Å²) in [4.78, 5) is 38.8. The summed E-state index contributed by atoms with van der Waals surface area (Å²) < 4.78 is 15.4. The van der Waals surface area contributed by atoms with Crippen LogP contribution in [0, 0.1) is 0 Å². The van der Waals surface area contributed by atoms with Gasteiger partial charge < -0.3 is 19.5 Å². The number of nitrogens with one attached hydrogen (secondary N) is 1. The number of carbonyl (C=O) groups is 3. The highest BCUT2D eigenvalue weighted by Crippen LogP contribution is 2.20. The van der Waals surface area contributed by atoms with E-state index in [0.29, 0.717) is 6.42 Å². The van der Waals surface area contributed by atoms with Gasteiger partial charge in [0.05, 0.1) is 26.4 Å².